The molecule has 0 unspecified atom stereocenters. The van der Waals surface area contributed by atoms with E-state index in [1.54, 1.807) is 0 Å². The largest absolute Gasteiger partial charge is 0.455 e. The fraction of sp³-hybridized carbons (Fsp3) is 0. The molecule has 0 radical (unpaired) electrons. The summed E-state index contributed by atoms with van der Waals surface area (Å²) in [4.78, 5) is 2.35. The minimum Gasteiger partial charge on any atom is -0.455 e. The van der Waals surface area contributed by atoms with E-state index in [2.05, 4.69) is 270 Å². The zero-order chi connectivity index (χ0) is 48.2. The SMILES string of the molecule is c1ccc2c3ccccc3n(-c3cc(-c4ccccc4)ccc3-c3ccc(N(c4ccc(-c5cccc(-c6cccc7c6oc6ccccc67)c5)cc4)c4ccc(-c5ccc6ccccc6c5)cc4)cc3)c2c#1. The second-order valence-electron chi connectivity index (χ2n) is 18.7. The van der Waals surface area contributed by atoms with Crippen LogP contribution in [0.5, 0.6) is 0 Å². The van der Waals surface area contributed by atoms with Crippen molar-refractivity contribution in [2.24, 2.45) is 0 Å². The van der Waals surface area contributed by atoms with Crippen molar-refractivity contribution >= 4 is 71.6 Å². The zero-order valence-electron chi connectivity index (χ0n) is 39.7. The number of hydrogen-bond acceptors (Lipinski definition) is 2. The van der Waals surface area contributed by atoms with Crippen LogP contribution in [0.1, 0.15) is 0 Å². The Morgan fingerprint density at radius 3 is 1.68 bits per heavy atom. The molecule has 0 amide bonds. The number of para-hydroxylation sites is 3. The van der Waals surface area contributed by atoms with Gasteiger partial charge in [0.15, 0.2) is 0 Å². The standard InChI is InChI=1S/C70H44N2O/c1-2-14-47(15-3-1)55-36-43-60(68(46-55)72-66-25-9-6-20-62(66)63-21-7-10-26-67(63)72)51-34-41-59(42-35-51)71(58-39-32-50(33-40-58)54-29-28-48-16-4-5-17-52(48)44-54)57-37-30-49(31-38-57)53-18-12-19-56(45-53)61-23-13-24-65-64-22-8-11-27-69(64)73-70(61)65/h1-9,11-25,27-46H. The highest BCUT2D eigenvalue weighted by molar-refractivity contribution is 6.10. The van der Waals surface area contributed by atoms with Crippen molar-refractivity contribution in [1.29, 1.82) is 0 Å². The van der Waals surface area contributed by atoms with Gasteiger partial charge >= 0.3 is 0 Å². The lowest BCUT2D eigenvalue weighted by Gasteiger charge is -2.26. The maximum atomic E-state index is 6.46. The Labute approximate surface area is 423 Å². The smallest absolute Gasteiger partial charge is 0.143 e. The highest BCUT2D eigenvalue weighted by atomic mass is 16.3. The summed E-state index contributed by atoms with van der Waals surface area (Å²) in [6.07, 6.45) is 0. The Morgan fingerprint density at radius 1 is 0.342 bits per heavy atom. The summed E-state index contributed by atoms with van der Waals surface area (Å²) in [5, 5.41) is 7.08. The topological polar surface area (TPSA) is 21.3 Å². The molecule has 3 heteroatoms. The van der Waals surface area contributed by atoms with E-state index in [4.69, 9.17) is 4.42 Å². The van der Waals surface area contributed by atoms with Gasteiger partial charge in [0.1, 0.15) is 16.7 Å². The first-order chi connectivity index (χ1) is 36.2. The van der Waals surface area contributed by atoms with Gasteiger partial charge in [-0.05, 0) is 140 Å². The minimum absolute atomic E-state index is 0.901. The van der Waals surface area contributed by atoms with Crippen LogP contribution in [0, 0.1) is 12.1 Å². The summed E-state index contributed by atoms with van der Waals surface area (Å²) >= 11 is 0. The fourth-order valence-corrected chi connectivity index (χ4v) is 10.9. The molecule has 0 N–H and O–H groups in total. The molecule has 3 nitrogen and oxygen atoms in total. The van der Waals surface area contributed by atoms with Gasteiger partial charge in [0, 0.05) is 49.7 Å². The number of fused-ring (bicyclic) bond motifs is 7. The second-order valence-corrected chi connectivity index (χ2v) is 18.7. The molecule has 0 aliphatic heterocycles. The lowest BCUT2D eigenvalue weighted by molar-refractivity contribution is 0.670. The van der Waals surface area contributed by atoms with Gasteiger partial charge in [0.2, 0.25) is 0 Å². The van der Waals surface area contributed by atoms with Crippen molar-refractivity contribution in [3.05, 3.63) is 279 Å². The molecule has 0 saturated carbocycles. The molecule has 0 saturated heterocycles. The first kappa shape index (κ1) is 42.0. The van der Waals surface area contributed by atoms with Crippen molar-refractivity contribution in [3.63, 3.8) is 0 Å². The van der Waals surface area contributed by atoms with Crippen LogP contribution in [0.15, 0.2) is 271 Å². The molecule has 0 fully saturated rings. The van der Waals surface area contributed by atoms with Gasteiger partial charge in [-0.1, -0.05) is 194 Å². The maximum Gasteiger partial charge on any atom is 0.143 e. The number of hydrogen-bond donors (Lipinski definition) is 0. The summed E-state index contributed by atoms with van der Waals surface area (Å²) in [6, 6.07) is 103. The van der Waals surface area contributed by atoms with E-state index >= 15 is 0 Å². The van der Waals surface area contributed by atoms with E-state index in [1.165, 1.54) is 32.8 Å². The summed E-state index contributed by atoms with van der Waals surface area (Å²) in [6.45, 7) is 0. The van der Waals surface area contributed by atoms with E-state index in [0.29, 0.717) is 0 Å². The van der Waals surface area contributed by atoms with Crippen molar-refractivity contribution in [3.8, 4) is 61.3 Å². The molecule has 0 aliphatic rings. The maximum absolute atomic E-state index is 6.46. The van der Waals surface area contributed by atoms with E-state index in [-0.39, 0.29) is 0 Å². The first-order valence-electron chi connectivity index (χ1n) is 24.8. The molecule has 340 valence electrons. The third-order valence-corrected chi connectivity index (χ3v) is 14.5. The average Bonchev–Trinajstić information content (AvgIpc) is 4.02. The normalized spacial score (nSPS) is 11.5. The minimum atomic E-state index is 0.901. The zero-order valence-corrected chi connectivity index (χ0v) is 39.7. The van der Waals surface area contributed by atoms with Crippen molar-refractivity contribution < 1.29 is 4.42 Å². The molecule has 0 bridgehead atoms. The Hall–Kier alpha value is -9.88. The highest BCUT2D eigenvalue weighted by Crippen LogP contribution is 2.42. The molecule has 12 aromatic carbocycles. The van der Waals surface area contributed by atoms with E-state index in [9.17, 15) is 0 Å². The van der Waals surface area contributed by atoms with Crippen LogP contribution in [0.2, 0.25) is 0 Å². The molecule has 0 spiro atoms. The van der Waals surface area contributed by atoms with E-state index in [0.717, 1.165) is 100 Å². The van der Waals surface area contributed by atoms with E-state index in [1.807, 2.05) is 18.2 Å². The molecule has 2 aromatic heterocycles. The summed E-state index contributed by atoms with van der Waals surface area (Å²) in [5.41, 5.74) is 19.6. The van der Waals surface area contributed by atoms with Gasteiger partial charge in [-0.15, -0.1) is 0 Å². The van der Waals surface area contributed by atoms with Gasteiger partial charge < -0.3 is 13.9 Å². The quantitative estimate of drug-likeness (QED) is 0.144. The van der Waals surface area contributed by atoms with Crippen LogP contribution in [0.4, 0.5) is 17.1 Å². The van der Waals surface area contributed by atoms with Crippen molar-refractivity contribution in [1.82, 2.24) is 4.57 Å². The Kier molecular flexibility index (Phi) is 10.1. The molecular weight excluding hydrogens is 885 g/mol. The Bertz CT molecular complexity index is 4300. The van der Waals surface area contributed by atoms with Gasteiger partial charge in [0.05, 0.1) is 11.2 Å². The van der Waals surface area contributed by atoms with Gasteiger partial charge in [-0.25, -0.2) is 0 Å². The van der Waals surface area contributed by atoms with Crippen LogP contribution >= 0.6 is 0 Å². The number of aromatic nitrogens is 1. The van der Waals surface area contributed by atoms with Crippen LogP contribution in [-0.4, -0.2) is 4.57 Å². The lowest BCUT2D eigenvalue weighted by atomic mass is 9.97. The summed E-state index contributed by atoms with van der Waals surface area (Å²) in [7, 11) is 0. The summed E-state index contributed by atoms with van der Waals surface area (Å²) in [5.74, 6) is 0. The highest BCUT2D eigenvalue weighted by Gasteiger charge is 2.19. The number of anilines is 3. The summed E-state index contributed by atoms with van der Waals surface area (Å²) < 4.78 is 8.82. The van der Waals surface area contributed by atoms with Crippen LogP contribution in [0.3, 0.4) is 0 Å². The van der Waals surface area contributed by atoms with Gasteiger partial charge in [-0.2, -0.15) is 0 Å². The van der Waals surface area contributed by atoms with Crippen LogP contribution in [-0.2, 0) is 0 Å². The van der Waals surface area contributed by atoms with Gasteiger partial charge in [0.25, 0.3) is 0 Å². The molecule has 73 heavy (non-hydrogen) atoms. The third-order valence-electron chi connectivity index (χ3n) is 14.5. The fourth-order valence-electron chi connectivity index (χ4n) is 10.9. The third kappa shape index (κ3) is 7.41. The molecule has 0 aliphatic carbocycles. The predicted molar refractivity (Wildman–Crippen MR) is 305 cm³/mol. The molecular formula is C70H44N2O. The van der Waals surface area contributed by atoms with E-state index < -0.39 is 0 Å². The second kappa shape index (κ2) is 17.5. The number of furan rings is 1. The average molecular weight is 929 g/mol. The predicted octanol–water partition coefficient (Wildman–Crippen LogP) is 19.2. The monoisotopic (exact) mass is 928 g/mol. The van der Waals surface area contributed by atoms with Crippen LogP contribution in [0.25, 0.3) is 116 Å². The Balaban J connectivity index is 0.863. The molecule has 0 atom stereocenters. The van der Waals surface area contributed by atoms with Crippen LogP contribution < -0.4 is 4.90 Å². The van der Waals surface area contributed by atoms with Gasteiger partial charge in [-0.3, -0.25) is 0 Å². The molecule has 14 rings (SSSR count). The van der Waals surface area contributed by atoms with Crippen molar-refractivity contribution in [2.45, 2.75) is 0 Å². The lowest BCUT2D eigenvalue weighted by Crippen LogP contribution is -2.09. The number of rotatable bonds is 9. The Morgan fingerprint density at radius 2 is 0.904 bits per heavy atom. The number of nitrogens with zero attached hydrogens (tertiary/aromatic N) is 2. The van der Waals surface area contributed by atoms with Crippen molar-refractivity contribution in [2.75, 3.05) is 4.90 Å². The molecule has 2 heterocycles. The first-order valence-corrected chi connectivity index (χ1v) is 24.8. The number of benzene rings is 11. The molecule has 14 aromatic rings.